The summed E-state index contributed by atoms with van der Waals surface area (Å²) in [5.74, 6) is 3.34. The van der Waals surface area contributed by atoms with Crippen molar-refractivity contribution in [2.24, 2.45) is 0 Å². The first-order chi connectivity index (χ1) is 26.0. The van der Waals surface area contributed by atoms with Crippen molar-refractivity contribution >= 4 is 45.3 Å². The fraction of sp³-hybridized carbons (Fsp3) is 0.400. The van der Waals surface area contributed by atoms with E-state index in [0.717, 1.165) is 11.1 Å². The zero-order valence-corrected chi connectivity index (χ0v) is 31.3. The maximum Gasteiger partial charge on any atom is 0.410 e. The van der Waals surface area contributed by atoms with E-state index in [4.69, 9.17) is 51.7 Å². The molecule has 1 unspecified atom stereocenters. The van der Waals surface area contributed by atoms with Gasteiger partial charge in [-0.15, -0.1) is 6.42 Å². The third kappa shape index (κ3) is 6.69. The fourth-order valence-electron chi connectivity index (χ4n) is 7.23. The number of terminal acetylenes is 1. The van der Waals surface area contributed by atoms with Crippen molar-refractivity contribution in [3.05, 3.63) is 64.1 Å². The minimum atomic E-state index is -0.654. The van der Waals surface area contributed by atoms with Crippen molar-refractivity contribution in [1.29, 1.82) is 0 Å². The highest BCUT2D eigenvalue weighted by molar-refractivity contribution is 6.38. The lowest BCUT2D eigenvalue weighted by Gasteiger charge is -2.41. The summed E-state index contributed by atoms with van der Waals surface area (Å²) in [4.78, 5) is 27.1. The molecule has 280 valence electrons. The molecular weight excluding hydrogens is 715 g/mol. The summed E-state index contributed by atoms with van der Waals surface area (Å²) < 4.78 is 46.9. The molecule has 5 aromatic rings. The number of carbonyl (C=O) groups is 1. The first kappa shape index (κ1) is 35.7. The van der Waals surface area contributed by atoms with Crippen LogP contribution in [0.2, 0.25) is 5.02 Å². The van der Waals surface area contributed by atoms with Crippen LogP contribution in [-0.2, 0) is 16.1 Å². The number of benzene rings is 3. The smallest absolute Gasteiger partial charge is 0.410 e. The van der Waals surface area contributed by atoms with Crippen LogP contribution in [0.4, 0.5) is 15.0 Å². The zero-order valence-electron chi connectivity index (χ0n) is 30.5. The van der Waals surface area contributed by atoms with Gasteiger partial charge in [0, 0.05) is 54.6 Å². The van der Waals surface area contributed by atoms with Crippen LogP contribution in [0.25, 0.3) is 32.9 Å². The van der Waals surface area contributed by atoms with E-state index in [-0.39, 0.29) is 36.4 Å². The monoisotopic (exact) mass is 754 g/mol. The molecule has 3 aliphatic heterocycles. The number of halogens is 2. The Balaban J connectivity index is 1.34. The molecule has 8 rings (SSSR count). The van der Waals surface area contributed by atoms with E-state index in [1.54, 1.807) is 18.0 Å². The van der Waals surface area contributed by atoms with E-state index in [1.165, 1.54) is 6.07 Å². The van der Waals surface area contributed by atoms with Gasteiger partial charge in [-0.25, -0.2) is 9.18 Å². The van der Waals surface area contributed by atoms with E-state index in [9.17, 15) is 4.79 Å². The summed E-state index contributed by atoms with van der Waals surface area (Å²) in [6, 6.07) is 8.68. The molecule has 54 heavy (non-hydrogen) atoms. The average molecular weight is 755 g/mol. The highest BCUT2D eigenvalue weighted by atomic mass is 35.5. The Morgan fingerprint density at radius 1 is 1.15 bits per heavy atom. The largest absolute Gasteiger partial charge is 0.489 e. The summed E-state index contributed by atoms with van der Waals surface area (Å²) in [7, 11) is 0. The van der Waals surface area contributed by atoms with Crippen LogP contribution >= 0.6 is 11.6 Å². The van der Waals surface area contributed by atoms with Gasteiger partial charge < -0.3 is 33.5 Å². The fourth-order valence-corrected chi connectivity index (χ4v) is 7.56. The number of anilines is 1. The normalized spacial score (nSPS) is 17.5. The zero-order chi connectivity index (χ0) is 37.7. The molecule has 0 aliphatic carbocycles. The van der Waals surface area contributed by atoms with Gasteiger partial charge in [-0.1, -0.05) is 29.7 Å². The molecular formula is C40H40ClFN6O6. The van der Waals surface area contributed by atoms with Gasteiger partial charge in [0.25, 0.3) is 0 Å². The number of piperazine rings is 1. The molecule has 0 radical (unpaired) electrons. The molecule has 12 nitrogen and oxygen atoms in total. The number of H-pyrrole nitrogens is 1. The minimum absolute atomic E-state index is 0.110. The number of nitrogens with one attached hydrogen (secondary N) is 1. The molecule has 0 saturated carbocycles. The SMILES string of the molecule is C#Cc1ccc(COc2c(-c3c(C)c(F)cc4[nH]ncc34)c(Cl)c3c4c(nc(OC5CCOCC5)nc24)N2CCN(C(=O)OC(C)(C)C)CC2CO3)cc1. The number of fused-ring (bicyclic) bond motifs is 3. The first-order valence-corrected chi connectivity index (χ1v) is 18.4. The molecule has 2 fully saturated rings. The van der Waals surface area contributed by atoms with Crippen LogP contribution in [0.3, 0.4) is 0 Å². The second-order valence-electron chi connectivity index (χ2n) is 14.7. The molecule has 1 amide bonds. The molecule has 0 bridgehead atoms. The van der Waals surface area contributed by atoms with Crippen molar-refractivity contribution in [1.82, 2.24) is 25.1 Å². The number of hydrogen-bond donors (Lipinski definition) is 1. The lowest BCUT2D eigenvalue weighted by molar-refractivity contribution is 0.0195. The second-order valence-corrected chi connectivity index (χ2v) is 15.1. The second kappa shape index (κ2) is 14.2. The van der Waals surface area contributed by atoms with Crippen LogP contribution in [0.5, 0.6) is 17.5 Å². The van der Waals surface area contributed by atoms with Gasteiger partial charge >= 0.3 is 12.1 Å². The molecule has 5 heterocycles. The summed E-state index contributed by atoms with van der Waals surface area (Å²) in [5.41, 5.74) is 2.99. The lowest BCUT2D eigenvalue weighted by Crippen LogP contribution is -2.57. The van der Waals surface area contributed by atoms with Crippen molar-refractivity contribution in [2.75, 3.05) is 44.4 Å². The number of amides is 1. The van der Waals surface area contributed by atoms with E-state index in [1.807, 2.05) is 45.0 Å². The average Bonchev–Trinajstić information content (AvgIpc) is 3.55. The predicted molar refractivity (Wildman–Crippen MR) is 202 cm³/mol. The molecule has 14 heteroatoms. The Kier molecular flexibility index (Phi) is 9.36. The predicted octanol–water partition coefficient (Wildman–Crippen LogP) is 7.21. The standard InChI is InChI=1S/C40H40ClFN6O6/c1-6-23-7-9-24(10-8-23)20-51-36-31(30-22(2)28(42)17-29-27(30)18-43-46-29)33(41)35-32-34(36)44-38(53-26-11-15-50-16-12-26)45-37(32)48-14-13-47(19-25(48)21-52-35)39(49)54-40(3,4)5/h1,7-10,17-18,25-26H,11-16,19-21H2,2-5H3,(H,43,46). The van der Waals surface area contributed by atoms with E-state index in [0.29, 0.717) is 102 Å². The Morgan fingerprint density at radius 2 is 1.93 bits per heavy atom. The summed E-state index contributed by atoms with van der Waals surface area (Å²) in [6.07, 6.45) is 8.02. The maximum absolute atomic E-state index is 15.7. The summed E-state index contributed by atoms with van der Waals surface area (Å²) in [5, 5.41) is 8.47. The number of rotatable bonds is 6. The topological polar surface area (TPSA) is 124 Å². The van der Waals surface area contributed by atoms with Crippen molar-refractivity contribution in [3.8, 4) is 41.0 Å². The van der Waals surface area contributed by atoms with Gasteiger partial charge in [0.15, 0.2) is 11.5 Å². The van der Waals surface area contributed by atoms with Crippen LogP contribution in [0.15, 0.2) is 36.5 Å². The number of hydrogen-bond acceptors (Lipinski definition) is 10. The Labute approximate surface area is 316 Å². The number of ether oxygens (including phenoxy) is 5. The third-order valence-electron chi connectivity index (χ3n) is 9.92. The Bertz CT molecular complexity index is 2300. The molecule has 1 N–H and O–H groups in total. The van der Waals surface area contributed by atoms with Gasteiger partial charge in [-0.05, 0) is 57.0 Å². The first-order valence-electron chi connectivity index (χ1n) is 18.0. The van der Waals surface area contributed by atoms with E-state index >= 15 is 4.39 Å². The van der Waals surface area contributed by atoms with Gasteiger partial charge in [-0.2, -0.15) is 15.1 Å². The van der Waals surface area contributed by atoms with Crippen LogP contribution < -0.4 is 19.1 Å². The molecule has 0 spiro atoms. The molecule has 1 atom stereocenters. The lowest BCUT2D eigenvalue weighted by atomic mass is 9.93. The Morgan fingerprint density at radius 3 is 2.67 bits per heavy atom. The van der Waals surface area contributed by atoms with Crippen LogP contribution in [-0.4, -0.2) is 88.4 Å². The highest BCUT2D eigenvalue weighted by Gasteiger charge is 2.39. The number of aromatic nitrogens is 4. The Hall–Kier alpha value is -5.32. The van der Waals surface area contributed by atoms with Crippen molar-refractivity contribution in [3.63, 3.8) is 0 Å². The van der Waals surface area contributed by atoms with Gasteiger partial charge in [0.1, 0.15) is 42.1 Å². The summed E-state index contributed by atoms with van der Waals surface area (Å²) >= 11 is 7.48. The minimum Gasteiger partial charge on any atom is -0.489 e. The van der Waals surface area contributed by atoms with Crippen molar-refractivity contribution < 1.29 is 32.9 Å². The molecule has 3 aliphatic rings. The third-order valence-corrected chi connectivity index (χ3v) is 10.3. The van der Waals surface area contributed by atoms with Crippen molar-refractivity contribution in [2.45, 2.75) is 64.9 Å². The summed E-state index contributed by atoms with van der Waals surface area (Å²) in [6.45, 7) is 9.71. The molecule has 3 aromatic carbocycles. The van der Waals surface area contributed by atoms with Crippen LogP contribution in [0, 0.1) is 25.1 Å². The molecule has 2 saturated heterocycles. The van der Waals surface area contributed by atoms with Gasteiger partial charge in [0.2, 0.25) is 0 Å². The quantitative estimate of drug-likeness (QED) is 0.178. The highest BCUT2D eigenvalue weighted by Crippen LogP contribution is 2.54. The maximum atomic E-state index is 15.7. The van der Waals surface area contributed by atoms with Crippen LogP contribution in [0.1, 0.15) is 50.3 Å². The van der Waals surface area contributed by atoms with E-state index < -0.39 is 17.5 Å². The van der Waals surface area contributed by atoms with E-state index in [2.05, 4.69) is 21.0 Å². The number of carbonyl (C=O) groups excluding carboxylic acids is 1. The number of nitrogens with zero attached hydrogens (tertiary/aromatic N) is 5. The molecule has 2 aromatic heterocycles. The van der Waals surface area contributed by atoms with Gasteiger partial charge in [-0.3, -0.25) is 5.10 Å². The number of aromatic amines is 1. The van der Waals surface area contributed by atoms with Gasteiger partial charge in [0.05, 0.1) is 41.4 Å².